The van der Waals surface area contributed by atoms with E-state index in [0.717, 1.165) is 24.4 Å². The molecule has 4 heteroatoms. The van der Waals surface area contributed by atoms with Gasteiger partial charge in [-0.2, -0.15) is 0 Å². The number of amides is 1. The van der Waals surface area contributed by atoms with Crippen LogP contribution < -0.4 is 15.4 Å². The van der Waals surface area contributed by atoms with Gasteiger partial charge in [-0.25, -0.2) is 0 Å². The van der Waals surface area contributed by atoms with Crippen molar-refractivity contribution in [3.63, 3.8) is 0 Å². The zero-order valence-corrected chi connectivity index (χ0v) is 14.5. The Morgan fingerprint density at radius 3 is 2.24 bits per heavy atom. The molecule has 0 aromatic heterocycles. The van der Waals surface area contributed by atoms with Gasteiger partial charge in [-0.05, 0) is 52.2 Å². The third-order valence-corrected chi connectivity index (χ3v) is 4.21. The van der Waals surface area contributed by atoms with Crippen molar-refractivity contribution in [3.05, 3.63) is 77.4 Å². The average Bonchev–Trinajstić information content (AvgIpc) is 2.67. The van der Waals surface area contributed by atoms with Crippen LogP contribution in [0.15, 0.2) is 60.7 Å². The highest BCUT2D eigenvalue weighted by atomic mass is 16.5. The standard InChI is InChI=1S/C21H22N2O2/c1-22-21(24)17-6-3-15(4-7-17)13-23-14-16-5-8-19-12-20(25-2)10-9-18(19)11-16/h3-12,23H,13-14H2,1-2H3,(H,22,24). The van der Waals surface area contributed by atoms with Crippen molar-refractivity contribution in [3.8, 4) is 5.75 Å². The normalized spacial score (nSPS) is 10.6. The summed E-state index contributed by atoms with van der Waals surface area (Å²) < 4.78 is 5.26. The van der Waals surface area contributed by atoms with Crippen molar-refractivity contribution >= 4 is 16.7 Å². The van der Waals surface area contributed by atoms with Crippen molar-refractivity contribution in [2.75, 3.05) is 14.2 Å². The van der Waals surface area contributed by atoms with Crippen LogP contribution >= 0.6 is 0 Å². The highest BCUT2D eigenvalue weighted by Crippen LogP contribution is 2.21. The van der Waals surface area contributed by atoms with Gasteiger partial charge < -0.3 is 15.4 Å². The molecule has 3 aromatic carbocycles. The number of nitrogens with one attached hydrogen (secondary N) is 2. The third kappa shape index (κ3) is 4.17. The number of ether oxygens (including phenoxy) is 1. The second-order valence-corrected chi connectivity index (χ2v) is 5.93. The van der Waals surface area contributed by atoms with Gasteiger partial charge in [0.25, 0.3) is 5.91 Å². The van der Waals surface area contributed by atoms with Crippen molar-refractivity contribution < 1.29 is 9.53 Å². The van der Waals surface area contributed by atoms with E-state index in [1.165, 1.54) is 16.3 Å². The van der Waals surface area contributed by atoms with E-state index in [0.29, 0.717) is 5.56 Å². The maximum absolute atomic E-state index is 11.5. The molecule has 0 heterocycles. The van der Waals surface area contributed by atoms with Crippen LogP contribution in [0.2, 0.25) is 0 Å². The predicted octanol–water partition coefficient (Wildman–Crippen LogP) is 3.50. The second-order valence-electron chi connectivity index (χ2n) is 5.93. The molecule has 2 N–H and O–H groups in total. The van der Waals surface area contributed by atoms with Gasteiger partial charge in [0, 0.05) is 25.7 Å². The van der Waals surface area contributed by atoms with Gasteiger partial charge in [0.2, 0.25) is 0 Å². The molecular formula is C21H22N2O2. The smallest absolute Gasteiger partial charge is 0.251 e. The van der Waals surface area contributed by atoms with E-state index in [-0.39, 0.29) is 5.91 Å². The minimum atomic E-state index is -0.0627. The predicted molar refractivity (Wildman–Crippen MR) is 101 cm³/mol. The zero-order valence-electron chi connectivity index (χ0n) is 14.5. The van der Waals surface area contributed by atoms with Gasteiger partial charge in [0.15, 0.2) is 0 Å². The number of benzene rings is 3. The molecule has 25 heavy (non-hydrogen) atoms. The maximum Gasteiger partial charge on any atom is 0.251 e. The summed E-state index contributed by atoms with van der Waals surface area (Å²) in [5, 5.41) is 8.45. The summed E-state index contributed by atoms with van der Waals surface area (Å²) in [4.78, 5) is 11.5. The topological polar surface area (TPSA) is 50.4 Å². The van der Waals surface area contributed by atoms with Crippen LogP contribution in [0.5, 0.6) is 5.75 Å². The van der Waals surface area contributed by atoms with E-state index in [1.807, 2.05) is 36.4 Å². The summed E-state index contributed by atoms with van der Waals surface area (Å²) in [5.41, 5.74) is 3.06. The number of hydrogen-bond donors (Lipinski definition) is 2. The fourth-order valence-corrected chi connectivity index (χ4v) is 2.78. The molecule has 0 saturated carbocycles. The number of carbonyl (C=O) groups excluding carboxylic acids is 1. The molecule has 0 aliphatic carbocycles. The van der Waals surface area contributed by atoms with Crippen molar-refractivity contribution in [1.82, 2.24) is 10.6 Å². The Balaban J connectivity index is 1.60. The average molecular weight is 334 g/mol. The molecule has 0 fully saturated rings. The van der Waals surface area contributed by atoms with Crippen LogP contribution in [-0.4, -0.2) is 20.1 Å². The molecule has 0 aliphatic rings. The molecule has 0 aliphatic heterocycles. The van der Waals surface area contributed by atoms with Crippen LogP contribution in [-0.2, 0) is 13.1 Å². The number of rotatable bonds is 6. The molecule has 0 radical (unpaired) electrons. The molecule has 0 spiro atoms. The number of fused-ring (bicyclic) bond motifs is 1. The Labute approximate surface area is 147 Å². The molecule has 128 valence electrons. The lowest BCUT2D eigenvalue weighted by Crippen LogP contribution is -2.18. The van der Waals surface area contributed by atoms with Crippen molar-refractivity contribution in [2.24, 2.45) is 0 Å². The Morgan fingerprint density at radius 2 is 1.52 bits per heavy atom. The van der Waals surface area contributed by atoms with Gasteiger partial charge >= 0.3 is 0 Å². The van der Waals surface area contributed by atoms with Gasteiger partial charge in [0.1, 0.15) is 5.75 Å². The molecule has 3 rings (SSSR count). The molecule has 0 atom stereocenters. The Hall–Kier alpha value is -2.85. The maximum atomic E-state index is 11.5. The summed E-state index contributed by atoms with van der Waals surface area (Å²) >= 11 is 0. The number of methoxy groups -OCH3 is 1. The fourth-order valence-electron chi connectivity index (χ4n) is 2.78. The SMILES string of the molecule is CNC(=O)c1ccc(CNCc2ccc3cc(OC)ccc3c2)cc1. The van der Waals surface area contributed by atoms with Crippen LogP contribution in [0, 0.1) is 0 Å². The van der Waals surface area contributed by atoms with E-state index in [4.69, 9.17) is 4.74 Å². The first-order chi connectivity index (χ1) is 12.2. The monoisotopic (exact) mass is 334 g/mol. The Morgan fingerprint density at radius 1 is 0.880 bits per heavy atom. The lowest BCUT2D eigenvalue weighted by molar-refractivity contribution is 0.0963. The van der Waals surface area contributed by atoms with Gasteiger partial charge in [-0.3, -0.25) is 4.79 Å². The largest absolute Gasteiger partial charge is 0.497 e. The quantitative estimate of drug-likeness (QED) is 0.725. The third-order valence-electron chi connectivity index (χ3n) is 4.21. The van der Waals surface area contributed by atoms with E-state index >= 15 is 0 Å². The zero-order chi connectivity index (χ0) is 17.6. The van der Waals surface area contributed by atoms with Crippen LogP contribution in [0.25, 0.3) is 10.8 Å². The van der Waals surface area contributed by atoms with Gasteiger partial charge in [0.05, 0.1) is 7.11 Å². The molecule has 3 aromatic rings. The molecule has 0 bridgehead atoms. The molecule has 0 saturated heterocycles. The first-order valence-corrected chi connectivity index (χ1v) is 8.28. The minimum absolute atomic E-state index is 0.0627. The summed E-state index contributed by atoms with van der Waals surface area (Å²) in [6.07, 6.45) is 0. The van der Waals surface area contributed by atoms with Crippen molar-refractivity contribution in [1.29, 1.82) is 0 Å². The van der Waals surface area contributed by atoms with E-state index in [1.54, 1.807) is 14.2 Å². The lowest BCUT2D eigenvalue weighted by atomic mass is 10.1. The van der Waals surface area contributed by atoms with Gasteiger partial charge in [-0.15, -0.1) is 0 Å². The number of carbonyl (C=O) groups is 1. The second kappa shape index (κ2) is 7.81. The van der Waals surface area contributed by atoms with Crippen LogP contribution in [0.1, 0.15) is 21.5 Å². The Bertz CT molecular complexity index is 873. The minimum Gasteiger partial charge on any atom is -0.497 e. The summed E-state index contributed by atoms with van der Waals surface area (Å²) in [6, 6.07) is 20.2. The fraction of sp³-hybridized carbons (Fsp3) is 0.190. The van der Waals surface area contributed by atoms with Gasteiger partial charge in [-0.1, -0.05) is 30.3 Å². The van der Waals surface area contributed by atoms with Crippen LogP contribution in [0.4, 0.5) is 0 Å². The summed E-state index contributed by atoms with van der Waals surface area (Å²) in [6.45, 7) is 1.55. The van der Waals surface area contributed by atoms with E-state index in [9.17, 15) is 4.79 Å². The Kier molecular flexibility index (Phi) is 5.31. The molecule has 1 amide bonds. The first kappa shape index (κ1) is 17.0. The van der Waals surface area contributed by atoms with Crippen molar-refractivity contribution in [2.45, 2.75) is 13.1 Å². The molecule has 0 unspecified atom stereocenters. The summed E-state index contributed by atoms with van der Waals surface area (Å²) in [7, 11) is 3.32. The molecular weight excluding hydrogens is 312 g/mol. The van der Waals surface area contributed by atoms with E-state index < -0.39 is 0 Å². The van der Waals surface area contributed by atoms with E-state index in [2.05, 4.69) is 34.9 Å². The highest BCUT2D eigenvalue weighted by Gasteiger charge is 2.03. The highest BCUT2D eigenvalue weighted by molar-refractivity contribution is 5.93. The lowest BCUT2D eigenvalue weighted by Gasteiger charge is -2.08. The number of hydrogen-bond acceptors (Lipinski definition) is 3. The first-order valence-electron chi connectivity index (χ1n) is 8.28. The summed E-state index contributed by atoms with van der Waals surface area (Å²) in [5.74, 6) is 0.811. The van der Waals surface area contributed by atoms with Crippen LogP contribution in [0.3, 0.4) is 0 Å². The molecule has 4 nitrogen and oxygen atoms in total.